The van der Waals surface area contributed by atoms with Crippen LogP contribution in [0, 0.1) is 0 Å². The van der Waals surface area contributed by atoms with Gasteiger partial charge in [0.05, 0.1) is 0 Å². The molecule has 4 rings (SSSR count). The number of hydrogen-bond acceptors (Lipinski definition) is 0. The fourth-order valence-corrected chi connectivity index (χ4v) is 30.3. The van der Waals surface area contributed by atoms with Gasteiger partial charge in [0.25, 0.3) is 0 Å². The molecule has 0 fully saturated rings. The fourth-order valence-electron chi connectivity index (χ4n) is 6.19. The van der Waals surface area contributed by atoms with Crippen molar-refractivity contribution in [2.24, 2.45) is 0 Å². The van der Waals surface area contributed by atoms with Crippen molar-refractivity contribution >= 4 is 19.0 Å². The average Bonchev–Trinajstić information content (AvgIpc) is 3.28. The van der Waals surface area contributed by atoms with Crippen LogP contribution in [0.2, 0.25) is 17.5 Å². The van der Waals surface area contributed by atoms with Gasteiger partial charge < -0.3 is 0 Å². The molecule has 2 aromatic carbocycles. The predicted octanol–water partition coefficient (Wildman–Crippen LogP) is 6.80. The Bertz CT molecular complexity index is 1020. The third kappa shape index (κ3) is 1.98. The molecule has 2 heteroatoms. The van der Waals surface area contributed by atoms with Crippen LogP contribution in [-0.4, -0.2) is 6.88 Å². The van der Waals surface area contributed by atoms with Crippen molar-refractivity contribution in [3.05, 3.63) is 82.9 Å². The molecule has 2 aliphatic rings. The first kappa shape index (κ1) is 18.4. The molecule has 136 valence electrons. The van der Waals surface area contributed by atoms with E-state index in [1.54, 1.807) is 11.1 Å². The third-order valence-corrected chi connectivity index (χ3v) is 53.6. The molecule has 2 aliphatic carbocycles. The van der Waals surface area contributed by atoms with E-state index in [4.69, 9.17) is 0 Å². The summed E-state index contributed by atoms with van der Waals surface area (Å²) in [6, 6.07) is 18.2. The molecular formula is C24H32SiZr. The molecule has 0 amide bonds. The number of fused-ring (bicyclic) bond motifs is 2. The Morgan fingerprint density at radius 2 is 1.12 bits per heavy atom. The summed E-state index contributed by atoms with van der Waals surface area (Å²) in [5.41, 5.74) is 5.99. The second-order valence-corrected chi connectivity index (χ2v) is 66.3. The van der Waals surface area contributed by atoms with E-state index in [9.17, 15) is 0 Å². The van der Waals surface area contributed by atoms with Crippen molar-refractivity contribution in [2.45, 2.75) is 38.6 Å². The second-order valence-electron chi connectivity index (χ2n) is 11.6. The van der Waals surface area contributed by atoms with E-state index in [2.05, 4.69) is 103 Å². The van der Waals surface area contributed by atoms with Gasteiger partial charge in [0.1, 0.15) is 0 Å². The monoisotopic (exact) mass is 438 g/mol. The topological polar surface area (TPSA) is 0 Å². The number of benzene rings is 2. The summed E-state index contributed by atoms with van der Waals surface area (Å²) >= 11 is -4.35. The van der Waals surface area contributed by atoms with Crippen molar-refractivity contribution < 1.29 is 14.4 Å². The predicted molar refractivity (Wildman–Crippen MR) is 118 cm³/mol. The van der Waals surface area contributed by atoms with Crippen LogP contribution in [0.3, 0.4) is 0 Å². The number of allylic oxidation sites excluding steroid dienone is 2. The van der Waals surface area contributed by atoms with Crippen molar-refractivity contribution in [1.29, 1.82) is 0 Å². The Morgan fingerprint density at radius 1 is 0.731 bits per heavy atom. The molecule has 0 aromatic heterocycles. The molecule has 2 aromatic rings. The Labute approximate surface area is 154 Å². The van der Waals surface area contributed by atoms with Crippen LogP contribution in [0.5, 0.6) is 0 Å². The van der Waals surface area contributed by atoms with Gasteiger partial charge >= 0.3 is 155 Å². The second kappa shape index (κ2) is 4.70. The first-order valence-corrected chi connectivity index (χ1v) is 27.3. The van der Waals surface area contributed by atoms with E-state index in [1.807, 2.05) is 0 Å². The van der Waals surface area contributed by atoms with Crippen molar-refractivity contribution in [3.8, 4) is 0 Å². The average molecular weight is 440 g/mol. The molecule has 0 nitrogen and oxygen atoms in total. The van der Waals surface area contributed by atoms with E-state index in [-0.39, 0.29) is 0 Å². The molecule has 0 bridgehead atoms. The number of rotatable bonds is 4. The molecule has 0 aliphatic heterocycles. The van der Waals surface area contributed by atoms with Crippen LogP contribution >= 0.6 is 0 Å². The van der Waals surface area contributed by atoms with Gasteiger partial charge in [-0.1, -0.05) is 0 Å². The summed E-state index contributed by atoms with van der Waals surface area (Å²) in [4.78, 5) is 0. The Kier molecular flexibility index (Phi) is 3.33. The molecule has 0 saturated carbocycles. The van der Waals surface area contributed by atoms with Gasteiger partial charge in [-0.25, -0.2) is 0 Å². The van der Waals surface area contributed by atoms with Crippen molar-refractivity contribution in [1.82, 2.24) is 0 Å². The molecule has 0 heterocycles. The zero-order valence-corrected chi connectivity index (χ0v) is 20.6. The summed E-state index contributed by atoms with van der Waals surface area (Å²) in [6.45, 7) is 7.45. The van der Waals surface area contributed by atoms with Gasteiger partial charge in [0.2, 0.25) is 0 Å². The maximum absolute atomic E-state index is 4.35. The first-order valence-electron chi connectivity index (χ1n) is 10.2. The minimum absolute atomic E-state index is 0.553. The van der Waals surface area contributed by atoms with E-state index in [0.717, 1.165) is 0 Å². The summed E-state index contributed by atoms with van der Waals surface area (Å²) in [5.74, 6) is 0. The molecule has 0 N–H and O–H groups in total. The Morgan fingerprint density at radius 3 is 1.50 bits per heavy atom. The summed E-state index contributed by atoms with van der Waals surface area (Å²) < 4.78 is 9.25. The van der Waals surface area contributed by atoms with Crippen LogP contribution in [0.25, 0.3) is 12.2 Å². The van der Waals surface area contributed by atoms with E-state index in [1.165, 1.54) is 19.4 Å². The molecular weight excluding hydrogens is 408 g/mol. The van der Waals surface area contributed by atoms with E-state index in [0.29, 0.717) is 7.25 Å². The van der Waals surface area contributed by atoms with Gasteiger partial charge in [-0.3, -0.25) is 0 Å². The quantitative estimate of drug-likeness (QED) is 0.459. The first-order chi connectivity index (χ1) is 12.1. The summed E-state index contributed by atoms with van der Waals surface area (Å²) in [5, 5.41) is 0. The van der Waals surface area contributed by atoms with Crippen LogP contribution < -0.4 is 0 Å². The zero-order valence-electron chi connectivity index (χ0n) is 16.7. The molecule has 2 atom stereocenters. The van der Waals surface area contributed by atoms with Crippen LogP contribution in [0.1, 0.15) is 43.4 Å². The van der Waals surface area contributed by atoms with Gasteiger partial charge in [-0.05, 0) is 0 Å². The van der Waals surface area contributed by atoms with Crippen molar-refractivity contribution in [3.63, 3.8) is 0 Å². The summed E-state index contributed by atoms with van der Waals surface area (Å²) in [7, 11) is 0. The molecule has 0 spiro atoms. The van der Waals surface area contributed by atoms with Crippen LogP contribution in [0.15, 0.2) is 60.7 Å². The molecule has 0 radical (unpaired) electrons. The third-order valence-electron chi connectivity index (χ3n) is 9.75. The van der Waals surface area contributed by atoms with Gasteiger partial charge in [-0.15, -0.1) is 0 Å². The maximum atomic E-state index is 2.78. The Balaban J connectivity index is 2.11. The molecule has 0 saturated heterocycles. The van der Waals surface area contributed by atoms with E-state index >= 15 is 0 Å². The van der Waals surface area contributed by atoms with Crippen LogP contribution in [0.4, 0.5) is 0 Å². The van der Waals surface area contributed by atoms with Gasteiger partial charge in [0.15, 0.2) is 0 Å². The molecule has 26 heavy (non-hydrogen) atoms. The number of hydrogen-bond donors (Lipinski definition) is 0. The van der Waals surface area contributed by atoms with Gasteiger partial charge in [-0.2, -0.15) is 0 Å². The van der Waals surface area contributed by atoms with Crippen molar-refractivity contribution in [2.75, 3.05) is 0 Å². The SMILES string of the molecule is C[CH2][Zr]([CH3])([CH3])(=[SiH2])([CH2]C)([CH]1C=Cc2ccccc21)[CH]1C=Cc2ccccc21. The fraction of sp³-hybridized carbons (Fsp3) is 0.333. The Hall–Kier alpha value is -0.980. The standard InChI is InChI=1S/2C9H7.2C2H5.2CH3.H2Si.Zr/c2*1-2-5-9-7-3-6-8(9)4-1;2*1-2;;;;/h2*1-7H;2*1H2,2H3;2*1H3;1H2;. The zero-order chi connectivity index (χ0) is 18.7. The van der Waals surface area contributed by atoms with Crippen LogP contribution in [-0.2, 0) is 14.4 Å². The summed E-state index contributed by atoms with van der Waals surface area (Å²) in [6.07, 6.45) is 9.93. The normalized spacial score (nSPS) is 25.0. The van der Waals surface area contributed by atoms with Gasteiger partial charge in [0, 0.05) is 0 Å². The minimum atomic E-state index is -4.35. The molecule has 2 unspecified atom stereocenters. The van der Waals surface area contributed by atoms with E-state index < -0.39 is 14.4 Å².